The van der Waals surface area contributed by atoms with Crippen LogP contribution in [0.25, 0.3) is 6.08 Å². The summed E-state index contributed by atoms with van der Waals surface area (Å²) in [5, 5.41) is 1.98. The standard InChI is InChI=1S/C7H9BrN2S/c1-5(9)2-3-6-4-11-7(8)10-6/h2-5H,9H2,1H3/b3-2+. The van der Waals surface area contributed by atoms with Crippen LogP contribution >= 0.6 is 27.3 Å². The number of nitrogens with zero attached hydrogens (tertiary/aromatic N) is 1. The van der Waals surface area contributed by atoms with Gasteiger partial charge in [0.05, 0.1) is 5.69 Å². The molecule has 0 aliphatic carbocycles. The van der Waals surface area contributed by atoms with Gasteiger partial charge >= 0.3 is 0 Å². The number of thiazole rings is 1. The SMILES string of the molecule is CC(N)/C=C/c1csc(Br)n1. The first-order valence-corrected chi connectivity index (χ1v) is 4.90. The van der Waals surface area contributed by atoms with E-state index in [4.69, 9.17) is 5.73 Å². The van der Waals surface area contributed by atoms with E-state index < -0.39 is 0 Å². The van der Waals surface area contributed by atoms with E-state index in [1.807, 2.05) is 24.5 Å². The molecule has 60 valence electrons. The van der Waals surface area contributed by atoms with Gasteiger partial charge in [-0.05, 0) is 28.9 Å². The third-order valence-electron chi connectivity index (χ3n) is 1.06. The Morgan fingerprint density at radius 1 is 1.82 bits per heavy atom. The summed E-state index contributed by atoms with van der Waals surface area (Å²) in [5.41, 5.74) is 6.48. The second-order valence-electron chi connectivity index (χ2n) is 2.24. The highest BCUT2D eigenvalue weighted by Crippen LogP contribution is 2.16. The number of rotatable bonds is 2. The minimum atomic E-state index is 0.0930. The van der Waals surface area contributed by atoms with Gasteiger partial charge in [0.25, 0.3) is 0 Å². The molecule has 0 aromatic carbocycles. The summed E-state index contributed by atoms with van der Waals surface area (Å²) in [7, 11) is 0. The third-order valence-corrected chi connectivity index (χ3v) is 2.45. The maximum absolute atomic E-state index is 5.52. The quantitative estimate of drug-likeness (QED) is 0.850. The van der Waals surface area contributed by atoms with Crippen LogP contribution in [0.5, 0.6) is 0 Å². The summed E-state index contributed by atoms with van der Waals surface area (Å²) in [4.78, 5) is 4.18. The Balaban J connectivity index is 2.64. The Bertz CT molecular complexity index is 255. The van der Waals surface area contributed by atoms with Crippen LogP contribution in [0.2, 0.25) is 0 Å². The topological polar surface area (TPSA) is 38.9 Å². The summed E-state index contributed by atoms with van der Waals surface area (Å²) in [5.74, 6) is 0. The molecule has 11 heavy (non-hydrogen) atoms. The smallest absolute Gasteiger partial charge is 0.159 e. The van der Waals surface area contributed by atoms with Gasteiger partial charge in [0.2, 0.25) is 0 Å². The first-order chi connectivity index (χ1) is 5.18. The highest BCUT2D eigenvalue weighted by atomic mass is 79.9. The van der Waals surface area contributed by atoms with Gasteiger partial charge in [-0.1, -0.05) is 6.08 Å². The molecule has 1 aromatic rings. The lowest BCUT2D eigenvalue weighted by molar-refractivity contribution is 0.930. The molecular weight excluding hydrogens is 224 g/mol. The van der Waals surface area contributed by atoms with E-state index in [0.717, 1.165) is 9.61 Å². The predicted molar refractivity (Wildman–Crippen MR) is 52.5 cm³/mol. The lowest BCUT2D eigenvalue weighted by atomic mass is 10.3. The van der Waals surface area contributed by atoms with Crippen molar-refractivity contribution in [3.05, 3.63) is 21.1 Å². The van der Waals surface area contributed by atoms with E-state index >= 15 is 0 Å². The molecule has 0 aliphatic rings. The fourth-order valence-corrected chi connectivity index (χ4v) is 1.58. The lowest BCUT2D eigenvalue weighted by Gasteiger charge is -1.91. The first kappa shape index (κ1) is 8.90. The summed E-state index contributed by atoms with van der Waals surface area (Å²) >= 11 is 4.85. The Hall–Kier alpha value is -0.190. The number of hydrogen-bond donors (Lipinski definition) is 1. The maximum atomic E-state index is 5.52. The van der Waals surface area contributed by atoms with E-state index in [2.05, 4.69) is 20.9 Å². The van der Waals surface area contributed by atoms with Gasteiger partial charge in [-0.2, -0.15) is 0 Å². The van der Waals surface area contributed by atoms with Crippen LogP contribution in [-0.4, -0.2) is 11.0 Å². The van der Waals surface area contributed by atoms with E-state index in [9.17, 15) is 0 Å². The van der Waals surface area contributed by atoms with Crippen molar-refractivity contribution in [2.45, 2.75) is 13.0 Å². The van der Waals surface area contributed by atoms with Crippen molar-refractivity contribution in [2.75, 3.05) is 0 Å². The Morgan fingerprint density at radius 2 is 2.55 bits per heavy atom. The van der Waals surface area contributed by atoms with Crippen molar-refractivity contribution < 1.29 is 0 Å². The molecule has 0 aliphatic heterocycles. The highest BCUT2D eigenvalue weighted by Gasteiger charge is 1.93. The molecule has 1 unspecified atom stereocenters. The third kappa shape index (κ3) is 3.14. The maximum Gasteiger partial charge on any atom is 0.159 e. The molecule has 0 saturated heterocycles. The zero-order valence-corrected chi connectivity index (χ0v) is 8.52. The van der Waals surface area contributed by atoms with Crippen LogP contribution in [0.1, 0.15) is 12.6 Å². The molecule has 1 heterocycles. The minimum Gasteiger partial charge on any atom is -0.325 e. The first-order valence-electron chi connectivity index (χ1n) is 3.23. The van der Waals surface area contributed by atoms with Crippen molar-refractivity contribution in [1.29, 1.82) is 0 Å². The second-order valence-corrected chi connectivity index (χ2v) is 4.38. The van der Waals surface area contributed by atoms with E-state index in [0.29, 0.717) is 0 Å². The van der Waals surface area contributed by atoms with E-state index in [-0.39, 0.29) is 6.04 Å². The minimum absolute atomic E-state index is 0.0930. The van der Waals surface area contributed by atoms with Crippen molar-refractivity contribution in [1.82, 2.24) is 4.98 Å². The van der Waals surface area contributed by atoms with Gasteiger partial charge in [-0.15, -0.1) is 11.3 Å². The van der Waals surface area contributed by atoms with Crippen LogP contribution in [-0.2, 0) is 0 Å². The highest BCUT2D eigenvalue weighted by molar-refractivity contribution is 9.11. The van der Waals surface area contributed by atoms with Gasteiger partial charge in [0.15, 0.2) is 3.92 Å². The molecule has 4 heteroatoms. The molecule has 0 amide bonds. The zero-order chi connectivity index (χ0) is 8.27. The number of halogens is 1. The van der Waals surface area contributed by atoms with E-state index in [1.165, 1.54) is 0 Å². The molecule has 0 saturated carbocycles. The lowest BCUT2D eigenvalue weighted by Crippen LogP contribution is -2.09. The second kappa shape index (κ2) is 3.99. The Labute approximate surface area is 78.3 Å². The van der Waals surface area contributed by atoms with Gasteiger partial charge < -0.3 is 5.73 Å². The molecule has 2 nitrogen and oxygen atoms in total. The van der Waals surface area contributed by atoms with Crippen LogP contribution in [0.3, 0.4) is 0 Å². The fourth-order valence-electron chi connectivity index (χ4n) is 0.590. The van der Waals surface area contributed by atoms with E-state index in [1.54, 1.807) is 11.3 Å². The van der Waals surface area contributed by atoms with Crippen molar-refractivity contribution in [3.63, 3.8) is 0 Å². The van der Waals surface area contributed by atoms with Gasteiger partial charge in [0, 0.05) is 11.4 Å². The van der Waals surface area contributed by atoms with Crippen molar-refractivity contribution in [2.24, 2.45) is 5.73 Å². The monoisotopic (exact) mass is 232 g/mol. The van der Waals surface area contributed by atoms with Gasteiger partial charge in [-0.3, -0.25) is 0 Å². The van der Waals surface area contributed by atoms with Crippen LogP contribution in [0.4, 0.5) is 0 Å². The molecule has 1 atom stereocenters. The fraction of sp³-hybridized carbons (Fsp3) is 0.286. The molecule has 1 aromatic heterocycles. The molecule has 0 bridgehead atoms. The molecule has 0 fully saturated rings. The Kier molecular flexibility index (Phi) is 3.23. The normalized spacial score (nSPS) is 14.1. The average Bonchev–Trinajstić information content (AvgIpc) is 2.31. The Morgan fingerprint density at radius 3 is 3.00 bits per heavy atom. The summed E-state index contributed by atoms with van der Waals surface area (Å²) < 4.78 is 0.904. The predicted octanol–water partition coefficient (Wildman–Crippen LogP) is 2.27. The van der Waals surface area contributed by atoms with Gasteiger partial charge in [-0.25, -0.2) is 4.98 Å². The summed E-state index contributed by atoms with van der Waals surface area (Å²) in [6, 6.07) is 0.0930. The zero-order valence-electron chi connectivity index (χ0n) is 6.12. The largest absolute Gasteiger partial charge is 0.325 e. The van der Waals surface area contributed by atoms with Crippen molar-refractivity contribution in [3.8, 4) is 0 Å². The van der Waals surface area contributed by atoms with Crippen LogP contribution in [0.15, 0.2) is 15.4 Å². The average molecular weight is 233 g/mol. The van der Waals surface area contributed by atoms with Crippen LogP contribution < -0.4 is 5.73 Å². The van der Waals surface area contributed by atoms with Gasteiger partial charge in [0.1, 0.15) is 0 Å². The summed E-state index contributed by atoms with van der Waals surface area (Å²) in [6.45, 7) is 1.93. The summed E-state index contributed by atoms with van der Waals surface area (Å²) in [6.07, 6.45) is 3.84. The van der Waals surface area contributed by atoms with Crippen molar-refractivity contribution >= 4 is 33.3 Å². The molecular formula is C7H9BrN2S. The molecule has 1 rings (SSSR count). The number of aromatic nitrogens is 1. The number of hydrogen-bond acceptors (Lipinski definition) is 3. The number of nitrogens with two attached hydrogens (primary N) is 1. The molecule has 0 spiro atoms. The molecule has 2 N–H and O–H groups in total. The molecule has 0 radical (unpaired) electrons. The van der Waals surface area contributed by atoms with Crippen LogP contribution in [0, 0.1) is 0 Å².